The van der Waals surface area contributed by atoms with Gasteiger partial charge in [-0.25, -0.2) is 0 Å². The number of hydrogen-bond donors (Lipinski definition) is 1. The molecule has 0 bridgehead atoms. The molecular weight excluding hydrogens is 232 g/mol. The molecule has 0 radical (unpaired) electrons. The van der Waals surface area contributed by atoms with E-state index in [0.717, 1.165) is 38.6 Å². The van der Waals surface area contributed by atoms with Crippen molar-refractivity contribution in [1.82, 2.24) is 10.2 Å². The van der Waals surface area contributed by atoms with Crippen molar-refractivity contribution < 1.29 is 0 Å². The maximum absolute atomic E-state index is 6.18. The van der Waals surface area contributed by atoms with Gasteiger partial charge in [0.05, 0.1) is 0 Å². The van der Waals surface area contributed by atoms with Crippen LogP contribution in [-0.4, -0.2) is 43.5 Å². The van der Waals surface area contributed by atoms with Gasteiger partial charge in [0.15, 0.2) is 0 Å². The average Bonchev–Trinajstić information content (AvgIpc) is 2.40. The molecule has 1 aliphatic carbocycles. The van der Waals surface area contributed by atoms with Crippen LogP contribution >= 0.6 is 11.6 Å². The molecule has 0 aromatic rings. The summed E-state index contributed by atoms with van der Waals surface area (Å²) in [5.41, 5.74) is 0.392. The van der Waals surface area contributed by atoms with Crippen LogP contribution < -0.4 is 5.32 Å². The molecule has 102 valence electrons. The minimum atomic E-state index is 0.392. The Kier molecular flexibility index (Phi) is 7.49. The average molecular weight is 261 g/mol. The van der Waals surface area contributed by atoms with Crippen molar-refractivity contribution in [3.05, 3.63) is 0 Å². The smallest absolute Gasteiger partial charge is 0.0292 e. The van der Waals surface area contributed by atoms with E-state index in [4.69, 9.17) is 11.6 Å². The fourth-order valence-corrected chi connectivity index (χ4v) is 3.15. The second-order valence-electron chi connectivity index (χ2n) is 5.40. The van der Waals surface area contributed by atoms with Crippen molar-refractivity contribution in [3.63, 3.8) is 0 Å². The number of rotatable bonds is 8. The second-order valence-corrected chi connectivity index (χ2v) is 5.67. The Bertz CT molecular complexity index is 187. The molecule has 1 fully saturated rings. The van der Waals surface area contributed by atoms with Crippen molar-refractivity contribution in [2.45, 2.75) is 46.0 Å². The Morgan fingerprint density at radius 3 is 2.29 bits per heavy atom. The summed E-state index contributed by atoms with van der Waals surface area (Å²) in [7, 11) is 0. The zero-order valence-electron chi connectivity index (χ0n) is 11.6. The summed E-state index contributed by atoms with van der Waals surface area (Å²) in [5.74, 6) is 0.825. The summed E-state index contributed by atoms with van der Waals surface area (Å²) in [5, 5.41) is 3.62. The Balaban J connectivity index is 2.19. The topological polar surface area (TPSA) is 15.3 Å². The molecule has 1 aliphatic rings. The molecule has 0 aromatic heterocycles. The van der Waals surface area contributed by atoms with Crippen LogP contribution in [0.1, 0.15) is 46.0 Å². The third-order valence-electron chi connectivity index (χ3n) is 4.20. The Morgan fingerprint density at radius 1 is 1.12 bits per heavy atom. The van der Waals surface area contributed by atoms with Gasteiger partial charge in [-0.1, -0.05) is 33.1 Å². The van der Waals surface area contributed by atoms with Crippen molar-refractivity contribution in [1.29, 1.82) is 0 Å². The first-order valence-corrected chi connectivity index (χ1v) is 7.79. The van der Waals surface area contributed by atoms with E-state index in [9.17, 15) is 0 Å². The van der Waals surface area contributed by atoms with Gasteiger partial charge in [0.2, 0.25) is 0 Å². The van der Waals surface area contributed by atoms with Crippen LogP contribution in [0.4, 0.5) is 0 Å². The number of hydrogen-bond acceptors (Lipinski definition) is 2. The van der Waals surface area contributed by atoms with Gasteiger partial charge < -0.3 is 10.2 Å². The first kappa shape index (κ1) is 15.3. The minimum Gasteiger partial charge on any atom is -0.315 e. The van der Waals surface area contributed by atoms with Crippen LogP contribution in [0.3, 0.4) is 0 Å². The van der Waals surface area contributed by atoms with E-state index in [1.807, 2.05) is 0 Å². The van der Waals surface area contributed by atoms with Crippen LogP contribution in [0.2, 0.25) is 0 Å². The summed E-state index contributed by atoms with van der Waals surface area (Å²) < 4.78 is 0. The van der Waals surface area contributed by atoms with E-state index in [0.29, 0.717) is 5.41 Å². The third kappa shape index (κ3) is 5.15. The predicted molar refractivity (Wildman–Crippen MR) is 76.9 cm³/mol. The molecule has 3 heteroatoms. The van der Waals surface area contributed by atoms with Crippen molar-refractivity contribution in [3.8, 4) is 0 Å². The lowest BCUT2D eigenvalue weighted by Crippen LogP contribution is -2.40. The van der Waals surface area contributed by atoms with Gasteiger partial charge in [0, 0.05) is 25.5 Å². The molecule has 0 heterocycles. The lowest BCUT2D eigenvalue weighted by molar-refractivity contribution is 0.207. The van der Waals surface area contributed by atoms with Crippen LogP contribution in [0.25, 0.3) is 0 Å². The standard InChI is InChI=1S/C14H29ClN2/c1-3-17(4-2)11-10-16-13-14(12-15)8-6-5-7-9-14/h16H,3-13H2,1-2H3. The molecule has 2 nitrogen and oxygen atoms in total. The van der Waals surface area contributed by atoms with Gasteiger partial charge in [-0.2, -0.15) is 0 Å². The van der Waals surface area contributed by atoms with Gasteiger partial charge in [-0.3, -0.25) is 0 Å². The van der Waals surface area contributed by atoms with Crippen LogP contribution in [0.5, 0.6) is 0 Å². The van der Waals surface area contributed by atoms with Gasteiger partial charge >= 0.3 is 0 Å². The molecule has 0 spiro atoms. The molecule has 1 saturated carbocycles. The van der Waals surface area contributed by atoms with E-state index in [1.165, 1.54) is 32.1 Å². The first-order chi connectivity index (χ1) is 8.26. The van der Waals surface area contributed by atoms with Gasteiger partial charge in [0.1, 0.15) is 0 Å². The highest BCUT2D eigenvalue weighted by Gasteiger charge is 2.30. The van der Waals surface area contributed by atoms with Crippen molar-refractivity contribution >= 4 is 11.6 Å². The normalized spacial score (nSPS) is 19.8. The maximum atomic E-state index is 6.18. The molecule has 0 atom stereocenters. The lowest BCUT2D eigenvalue weighted by Gasteiger charge is -2.36. The Labute approximate surface area is 112 Å². The molecule has 1 N–H and O–H groups in total. The fraction of sp³-hybridized carbons (Fsp3) is 1.00. The zero-order chi connectivity index (χ0) is 12.6. The molecule has 0 aliphatic heterocycles. The summed E-state index contributed by atoms with van der Waals surface area (Å²) in [4.78, 5) is 2.46. The highest BCUT2D eigenvalue weighted by atomic mass is 35.5. The zero-order valence-corrected chi connectivity index (χ0v) is 12.4. The first-order valence-electron chi connectivity index (χ1n) is 7.25. The molecule has 1 rings (SSSR count). The van der Waals surface area contributed by atoms with Crippen LogP contribution in [0.15, 0.2) is 0 Å². The number of halogens is 1. The van der Waals surface area contributed by atoms with Crippen molar-refractivity contribution in [2.24, 2.45) is 5.41 Å². The summed E-state index contributed by atoms with van der Waals surface area (Å²) in [6, 6.07) is 0. The van der Waals surface area contributed by atoms with E-state index in [2.05, 4.69) is 24.1 Å². The number of likely N-dealkylation sites (N-methyl/N-ethyl adjacent to an activating group) is 1. The monoisotopic (exact) mass is 260 g/mol. The summed E-state index contributed by atoms with van der Waals surface area (Å²) in [6.45, 7) is 10.1. The Morgan fingerprint density at radius 2 is 1.76 bits per heavy atom. The van der Waals surface area contributed by atoms with E-state index in [-0.39, 0.29) is 0 Å². The van der Waals surface area contributed by atoms with Crippen LogP contribution in [0, 0.1) is 5.41 Å². The van der Waals surface area contributed by atoms with Crippen LogP contribution in [-0.2, 0) is 0 Å². The van der Waals surface area contributed by atoms with E-state index in [1.54, 1.807) is 0 Å². The predicted octanol–water partition coefficient (Wildman–Crippen LogP) is 3.11. The SMILES string of the molecule is CCN(CC)CCNCC1(CCl)CCCCC1. The molecule has 0 saturated heterocycles. The Hall–Kier alpha value is 0.210. The minimum absolute atomic E-state index is 0.392. The van der Waals surface area contributed by atoms with E-state index >= 15 is 0 Å². The van der Waals surface area contributed by atoms with Crippen molar-refractivity contribution in [2.75, 3.05) is 38.6 Å². The van der Waals surface area contributed by atoms with Gasteiger partial charge in [-0.15, -0.1) is 11.6 Å². The fourth-order valence-electron chi connectivity index (χ4n) is 2.79. The largest absolute Gasteiger partial charge is 0.315 e. The quantitative estimate of drug-likeness (QED) is 0.533. The number of nitrogens with one attached hydrogen (secondary N) is 1. The third-order valence-corrected chi connectivity index (χ3v) is 4.76. The summed E-state index contributed by atoms with van der Waals surface area (Å²) >= 11 is 6.18. The molecule has 0 amide bonds. The maximum Gasteiger partial charge on any atom is 0.0292 e. The molecule has 0 aromatic carbocycles. The lowest BCUT2D eigenvalue weighted by atomic mass is 9.75. The molecule has 17 heavy (non-hydrogen) atoms. The number of alkyl halides is 1. The molecule has 0 unspecified atom stereocenters. The molecular formula is C14H29ClN2. The van der Waals surface area contributed by atoms with Gasteiger partial charge in [-0.05, 0) is 31.3 Å². The second kappa shape index (κ2) is 8.34. The highest BCUT2D eigenvalue weighted by Crippen LogP contribution is 2.36. The summed E-state index contributed by atoms with van der Waals surface area (Å²) in [6.07, 6.45) is 6.76. The highest BCUT2D eigenvalue weighted by molar-refractivity contribution is 6.18. The van der Waals surface area contributed by atoms with E-state index < -0.39 is 0 Å². The number of nitrogens with zero attached hydrogens (tertiary/aromatic N) is 1. The van der Waals surface area contributed by atoms with Gasteiger partial charge in [0.25, 0.3) is 0 Å².